The van der Waals surface area contributed by atoms with E-state index in [4.69, 9.17) is 19.3 Å². The number of hydrogen-bond donors (Lipinski definition) is 1. The molecule has 1 aliphatic rings. The molecule has 32 heavy (non-hydrogen) atoms. The lowest BCUT2D eigenvalue weighted by atomic mass is 10.0. The van der Waals surface area contributed by atoms with Crippen LogP contribution in [0.5, 0.6) is 11.5 Å². The fraction of sp³-hybridized carbons (Fsp3) is 0.182. The van der Waals surface area contributed by atoms with Gasteiger partial charge in [-0.15, -0.1) is 0 Å². The third-order valence-electron chi connectivity index (χ3n) is 4.80. The van der Waals surface area contributed by atoms with Gasteiger partial charge < -0.3 is 19.3 Å². The Balaban J connectivity index is 1.89. The summed E-state index contributed by atoms with van der Waals surface area (Å²) in [5.41, 5.74) is 0.523. The summed E-state index contributed by atoms with van der Waals surface area (Å²) in [6.45, 7) is -1.07. The maximum atomic E-state index is 13.3. The van der Waals surface area contributed by atoms with Crippen LogP contribution >= 0.6 is 0 Å². The number of carboxylic acid groups (broad SMARTS) is 1. The van der Waals surface area contributed by atoms with Crippen molar-refractivity contribution >= 4 is 28.7 Å². The third-order valence-corrected chi connectivity index (χ3v) is 4.80. The van der Waals surface area contributed by atoms with Crippen molar-refractivity contribution in [2.75, 3.05) is 20.5 Å². The zero-order valence-corrected chi connectivity index (χ0v) is 16.8. The summed E-state index contributed by atoms with van der Waals surface area (Å²) in [5, 5.41) is 9.39. The molecule has 4 rings (SSSR count). The fourth-order valence-corrected chi connectivity index (χ4v) is 3.48. The Kier molecular flexibility index (Phi) is 5.69. The summed E-state index contributed by atoms with van der Waals surface area (Å²) >= 11 is 0. The van der Waals surface area contributed by atoms with Crippen LogP contribution in [0.15, 0.2) is 42.6 Å². The van der Waals surface area contributed by atoms with E-state index >= 15 is 0 Å². The van der Waals surface area contributed by atoms with Gasteiger partial charge in [0.15, 0.2) is 19.1 Å². The number of nitrogens with zero attached hydrogens (tertiary/aromatic N) is 2. The van der Waals surface area contributed by atoms with Crippen molar-refractivity contribution in [3.63, 3.8) is 0 Å². The van der Waals surface area contributed by atoms with Gasteiger partial charge in [0.2, 0.25) is 0 Å². The number of fused-ring (bicyclic) bond motifs is 2. The Morgan fingerprint density at radius 2 is 1.75 bits per heavy atom. The number of benzene rings is 2. The number of halogens is 1. The number of imide groups is 1. The zero-order valence-electron chi connectivity index (χ0n) is 16.8. The van der Waals surface area contributed by atoms with Gasteiger partial charge in [-0.25, -0.2) is 9.18 Å². The smallest absolute Gasteiger partial charge is 0.341 e. The van der Waals surface area contributed by atoms with Crippen LogP contribution in [0.1, 0.15) is 26.3 Å². The number of carboxylic acids is 1. The van der Waals surface area contributed by atoms with Gasteiger partial charge in [-0.2, -0.15) is 0 Å². The van der Waals surface area contributed by atoms with Gasteiger partial charge in [0.25, 0.3) is 11.8 Å². The number of rotatable bonds is 8. The molecule has 2 heterocycles. The second-order valence-corrected chi connectivity index (χ2v) is 6.86. The van der Waals surface area contributed by atoms with E-state index in [1.807, 2.05) is 0 Å². The lowest BCUT2D eigenvalue weighted by Gasteiger charge is -2.15. The van der Waals surface area contributed by atoms with Crippen molar-refractivity contribution < 1.29 is 38.1 Å². The number of pyridine rings is 1. The summed E-state index contributed by atoms with van der Waals surface area (Å²) in [5.74, 6) is -3.12. The molecule has 1 aromatic heterocycles. The highest BCUT2D eigenvalue weighted by Gasteiger charge is 2.43. The zero-order chi connectivity index (χ0) is 22.8. The van der Waals surface area contributed by atoms with Crippen molar-refractivity contribution in [2.45, 2.75) is 6.54 Å². The molecule has 2 aromatic carbocycles. The van der Waals surface area contributed by atoms with Crippen LogP contribution in [0.2, 0.25) is 0 Å². The minimum absolute atomic E-state index is 0.0279. The molecule has 0 bridgehead atoms. The molecule has 1 aliphatic heterocycles. The van der Waals surface area contributed by atoms with Crippen molar-refractivity contribution in [3.8, 4) is 11.5 Å². The number of hydrogen-bond acceptors (Lipinski definition) is 7. The minimum Gasteiger partial charge on any atom is -0.480 e. The van der Waals surface area contributed by atoms with Crippen molar-refractivity contribution in [1.82, 2.24) is 9.88 Å². The highest BCUT2D eigenvalue weighted by Crippen LogP contribution is 2.44. The molecule has 0 fully saturated rings. The first-order valence-electron chi connectivity index (χ1n) is 9.44. The van der Waals surface area contributed by atoms with Gasteiger partial charge >= 0.3 is 5.97 Å². The Hall–Kier alpha value is -4.05. The maximum Gasteiger partial charge on any atom is 0.341 e. The number of ether oxygens (including phenoxy) is 3. The van der Waals surface area contributed by atoms with Crippen LogP contribution in [0, 0.1) is 5.82 Å². The first kappa shape index (κ1) is 21.2. The quantitative estimate of drug-likeness (QED) is 0.420. The lowest BCUT2D eigenvalue weighted by molar-refractivity contribution is -0.139. The molecule has 2 amide bonds. The van der Waals surface area contributed by atoms with E-state index in [1.165, 1.54) is 37.6 Å². The second-order valence-electron chi connectivity index (χ2n) is 6.86. The van der Waals surface area contributed by atoms with Crippen LogP contribution in [0.25, 0.3) is 10.9 Å². The predicted octanol–water partition coefficient (Wildman–Crippen LogP) is 2.62. The fourth-order valence-electron chi connectivity index (χ4n) is 3.48. The van der Waals surface area contributed by atoms with Gasteiger partial charge in [-0.3, -0.25) is 19.5 Å². The van der Waals surface area contributed by atoms with Gasteiger partial charge in [0.05, 0.1) is 12.1 Å². The van der Waals surface area contributed by atoms with E-state index in [-0.39, 0.29) is 41.5 Å². The van der Waals surface area contributed by atoms with E-state index in [0.717, 1.165) is 4.90 Å². The van der Waals surface area contributed by atoms with Crippen LogP contribution in [-0.2, 0) is 16.1 Å². The average molecular weight is 440 g/mol. The van der Waals surface area contributed by atoms with Gasteiger partial charge in [0, 0.05) is 18.7 Å². The van der Waals surface area contributed by atoms with Crippen LogP contribution < -0.4 is 9.47 Å². The highest BCUT2D eigenvalue weighted by atomic mass is 19.1. The van der Waals surface area contributed by atoms with E-state index in [9.17, 15) is 18.8 Å². The Morgan fingerprint density at radius 3 is 2.41 bits per heavy atom. The summed E-state index contributed by atoms with van der Waals surface area (Å²) in [6, 6.07) is 8.53. The standard InChI is InChI=1S/C22H17FN2O7/c1-30-11-32-20-17-16(19(31-10-15(26)27)14-3-2-8-24-18(14)20)21(28)25(22(17)29)9-12-4-6-13(23)7-5-12/h2-8H,9-11H2,1H3,(H,26,27). The molecule has 0 atom stereocenters. The van der Waals surface area contributed by atoms with Crippen LogP contribution in [-0.4, -0.2) is 53.3 Å². The molecular weight excluding hydrogens is 423 g/mol. The number of carbonyl (C=O) groups is 3. The Labute approximate surface area is 180 Å². The number of amides is 2. The van der Waals surface area contributed by atoms with Crippen LogP contribution in [0.4, 0.5) is 4.39 Å². The van der Waals surface area contributed by atoms with Crippen LogP contribution in [0.3, 0.4) is 0 Å². The summed E-state index contributed by atoms with van der Waals surface area (Å²) in [6.07, 6.45) is 1.47. The molecule has 0 spiro atoms. The molecule has 0 saturated carbocycles. The maximum absolute atomic E-state index is 13.3. The second kappa shape index (κ2) is 8.60. The third kappa shape index (κ3) is 3.71. The molecule has 10 heteroatoms. The van der Waals surface area contributed by atoms with E-state index in [2.05, 4.69) is 4.98 Å². The summed E-state index contributed by atoms with van der Waals surface area (Å²) < 4.78 is 29.3. The summed E-state index contributed by atoms with van der Waals surface area (Å²) in [7, 11) is 1.40. The Bertz CT molecular complexity index is 1230. The van der Waals surface area contributed by atoms with Gasteiger partial charge in [0.1, 0.15) is 22.6 Å². The predicted molar refractivity (Wildman–Crippen MR) is 108 cm³/mol. The molecule has 9 nitrogen and oxygen atoms in total. The number of methoxy groups -OCH3 is 1. The SMILES string of the molecule is COCOc1c2c(c(OCC(=O)O)c3cccnc13)C(=O)N(Cc1ccc(F)cc1)C2=O. The molecule has 0 radical (unpaired) electrons. The molecule has 164 valence electrons. The Morgan fingerprint density at radius 1 is 1.06 bits per heavy atom. The van der Waals surface area contributed by atoms with Crippen molar-refractivity contribution in [1.29, 1.82) is 0 Å². The molecule has 1 N–H and O–H groups in total. The normalized spacial score (nSPS) is 12.9. The van der Waals surface area contributed by atoms with E-state index < -0.39 is 30.2 Å². The molecule has 0 unspecified atom stereocenters. The lowest BCUT2D eigenvalue weighted by Crippen LogP contribution is -2.29. The van der Waals surface area contributed by atoms with Gasteiger partial charge in [-0.05, 0) is 29.8 Å². The minimum atomic E-state index is -1.25. The molecule has 0 saturated heterocycles. The average Bonchev–Trinajstić information content (AvgIpc) is 3.02. The number of carbonyl (C=O) groups excluding carboxylic acids is 2. The van der Waals surface area contributed by atoms with Crippen molar-refractivity contribution in [2.24, 2.45) is 0 Å². The van der Waals surface area contributed by atoms with E-state index in [0.29, 0.717) is 10.9 Å². The highest BCUT2D eigenvalue weighted by molar-refractivity contribution is 6.27. The summed E-state index contributed by atoms with van der Waals surface area (Å²) in [4.78, 5) is 42.9. The molecule has 3 aromatic rings. The number of aromatic nitrogens is 1. The van der Waals surface area contributed by atoms with Gasteiger partial charge in [-0.1, -0.05) is 12.1 Å². The molecule has 0 aliphatic carbocycles. The first-order chi connectivity index (χ1) is 15.4. The largest absolute Gasteiger partial charge is 0.480 e. The monoisotopic (exact) mass is 440 g/mol. The number of aliphatic carboxylic acids is 1. The topological polar surface area (TPSA) is 115 Å². The van der Waals surface area contributed by atoms with Crippen molar-refractivity contribution in [3.05, 3.63) is 65.1 Å². The van der Waals surface area contributed by atoms with E-state index in [1.54, 1.807) is 12.1 Å². The molecular formula is C22H17FN2O7. The first-order valence-corrected chi connectivity index (χ1v) is 9.44.